The molecule has 0 unspecified atom stereocenters. The van der Waals surface area contributed by atoms with Crippen molar-refractivity contribution in [2.24, 2.45) is 0 Å². The topological polar surface area (TPSA) is 27.1 Å². The Labute approximate surface area is 130 Å². The molecule has 0 saturated carbocycles. The molecule has 1 aromatic heterocycles. The Hall–Kier alpha value is -1.13. The van der Waals surface area contributed by atoms with E-state index in [1.54, 1.807) is 12.1 Å². The van der Waals surface area contributed by atoms with Gasteiger partial charge in [-0.05, 0) is 44.9 Å². The predicted octanol–water partition coefficient (Wildman–Crippen LogP) is 4.16. The second-order valence-corrected chi connectivity index (χ2v) is 5.76. The number of rotatable bonds is 8. The SMILES string of the molecule is CC(C)OCCCCn1c(CCCl)nc2ccc(F)cc21. The molecule has 0 fully saturated rings. The van der Waals surface area contributed by atoms with E-state index in [4.69, 9.17) is 16.3 Å². The van der Waals surface area contributed by atoms with Crippen LogP contribution in [0.15, 0.2) is 18.2 Å². The van der Waals surface area contributed by atoms with E-state index in [0.717, 1.165) is 42.9 Å². The van der Waals surface area contributed by atoms with Gasteiger partial charge in [-0.3, -0.25) is 0 Å². The average Bonchev–Trinajstić information content (AvgIpc) is 2.76. The van der Waals surface area contributed by atoms with Gasteiger partial charge in [-0.2, -0.15) is 0 Å². The van der Waals surface area contributed by atoms with E-state index in [-0.39, 0.29) is 11.9 Å². The summed E-state index contributed by atoms with van der Waals surface area (Å²) in [6.07, 6.45) is 2.91. The normalized spacial score (nSPS) is 11.7. The van der Waals surface area contributed by atoms with Crippen LogP contribution in [0.2, 0.25) is 0 Å². The van der Waals surface area contributed by atoms with Gasteiger partial charge in [0.2, 0.25) is 0 Å². The minimum atomic E-state index is -0.232. The summed E-state index contributed by atoms with van der Waals surface area (Å²) in [5.41, 5.74) is 1.68. The Morgan fingerprint density at radius 2 is 2.14 bits per heavy atom. The quantitative estimate of drug-likeness (QED) is 0.540. The standard InChI is InChI=1S/C16H22ClFN2O/c1-12(2)21-10-4-3-9-20-15-11-13(18)5-6-14(15)19-16(20)7-8-17/h5-6,11-12H,3-4,7-10H2,1-2H3. The van der Waals surface area contributed by atoms with Gasteiger partial charge in [-0.1, -0.05) is 0 Å². The fraction of sp³-hybridized carbons (Fsp3) is 0.562. The number of hydrogen-bond donors (Lipinski definition) is 0. The van der Waals surface area contributed by atoms with Gasteiger partial charge in [0, 0.05) is 25.5 Å². The first-order chi connectivity index (χ1) is 10.1. The summed E-state index contributed by atoms with van der Waals surface area (Å²) < 4.78 is 21.1. The van der Waals surface area contributed by atoms with Gasteiger partial charge in [0.05, 0.1) is 17.1 Å². The second-order valence-electron chi connectivity index (χ2n) is 5.38. The van der Waals surface area contributed by atoms with Crippen molar-refractivity contribution in [3.8, 4) is 0 Å². The summed E-state index contributed by atoms with van der Waals surface area (Å²) in [5.74, 6) is 1.21. The Morgan fingerprint density at radius 3 is 2.86 bits per heavy atom. The first kappa shape index (κ1) is 16.2. The lowest BCUT2D eigenvalue weighted by Gasteiger charge is -2.10. The predicted molar refractivity (Wildman–Crippen MR) is 84.4 cm³/mol. The molecule has 0 saturated heterocycles. The van der Waals surface area contributed by atoms with Crippen molar-refractivity contribution in [2.45, 2.75) is 45.8 Å². The van der Waals surface area contributed by atoms with Gasteiger partial charge in [0.15, 0.2) is 0 Å². The van der Waals surface area contributed by atoms with Gasteiger partial charge >= 0.3 is 0 Å². The molecule has 5 heteroatoms. The maximum atomic E-state index is 13.5. The number of unbranched alkanes of at least 4 members (excludes halogenated alkanes) is 1. The Kier molecular flexibility index (Phi) is 6.00. The number of nitrogens with zero attached hydrogens (tertiary/aromatic N) is 2. The number of fused-ring (bicyclic) bond motifs is 1. The third-order valence-electron chi connectivity index (χ3n) is 3.33. The van der Waals surface area contributed by atoms with Crippen molar-refractivity contribution in [2.75, 3.05) is 12.5 Å². The molecule has 1 aromatic carbocycles. The molecular weight excluding hydrogens is 291 g/mol. The molecule has 21 heavy (non-hydrogen) atoms. The highest BCUT2D eigenvalue weighted by molar-refractivity contribution is 6.17. The fourth-order valence-corrected chi connectivity index (χ4v) is 2.53. The van der Waals surface area contributed by atoms with Gasteiger partial charge in [-0.25, -0.2) is 9.37 Å². The van der Waals surface area contributed by atoms with E-state index in [2.05, 4.69) is 9.55 Å². The minimum Gasteiger partial charge on any atom is -0.379 e. The molecule has 0 radical (unpaired) electrons. The van der Waals surface area contributed by atoms with E-state index in [1.807, 2.05) is 13.8 Å². The molecular formula is C16H22ClFN2O. The molecule has 116 valence electrons. The van der Waals surface area contributed by atoms with E-state index >= 15 is 0 Å². The lowest BCUT2D eigenvalue weighted by Crippen LogP contribution is -2.08. The zero-order valence-electron chi connectivity index (χ0n) is 12.6. The lowest BCUT2D eigenvalue weighted by atomic mass is 10.2. The maximum absolute atomic E-state index is 13.5. The van der Waals surface area contributed by atoms with Crippen LogP contribution in [0.25, 0.3) is 11.0 Å². The van der Waals surface area contributed by atoms with Crippen LogP contribution < -0.4 is 0 Å². The van der Waals surface area contributed by atoms with Crippen LogP contribution in [0.3, 0.4) is 0 Å². The number of ether oxygens (including phenoxy) is 1. The van der Waals surface area contributed by atoms with E-state index in [1.165, 1.54) is 6.07 Å². The molecule has 0 aliphatic carbocycles. The van der Waals surface area contributed by atoms with Crippen LogP contribution in [-0.4, -0.2) is 28.1 Å². The van der Waals surface area contributed by atoms with E-state index < -0.39 is 0 Å². The monoisotopic (exact) mass is 312 g/mol. The molecule has 0 N–H and O–H groups in total. The summed E-state index contributed by atoms with van der Waals surface area (Å²) in [6, 6.07) is 4.71. The third-order valence-corrected chi connectivity index (χ3v) is 3.52. The van der Waals surface area contributed by atoms with Crippen molar-refractivity contribution in [3.05, 3.63) is 29.8 Å². The van der Waals surface area contributed by atoms with Crippen molar-refractivity contribution >= 4 is 22.6 Å². The summed E-state index contributed by atoms with van der Waals surface area (Å²) in [7, 11) is 0. The van der Waals surface area contributed by atoms with Crippen LogP contribution in [0.1, 0.15) is 32.5 Å². The lowest BCUT2D eigenvalue weighted by molar-refractivity contribution is 0.0754. The molecule has 3 nitrogen and oxygen atoms in total. The van der Waals surface area contributed by atoms with Gasteiger partial charge in [-0.15, -0.1) is 11.6 Å². The largest absolute Gasteiger partial charge is 0.379 e. The summed E-state index contributed by atoms with van der Waals surface area (Å²) in [4.78, 5) is 4.55. The van der Waals surface area contributed by atoms with Crippen molar-refractivity contribution in [1.82, 2.24) is 9.55 Å². The van der Waals surface area contributed by atoms with Crippen LogP contribution in [0.4, 0.5) is 4.39 Å². The molecule has 2 rings (SSSR count). The minimum absolute atomic E-state index is 0.232. The molecule has 0 spiro atoms. The number of aromatic nitrogens is 2. The molecule has 0 aliphatic rings. The highest BCUT2D eigenvalue weighted by atomic mass is 35.5. The summed E-state index contributed by atoms with van der Waals surface area (Å²) in [5, 5.41) is 0. The number of imidazole rings is 1. The summed E-state index contributed by atoms with van der Waals surface area (Å²) >= 11 is 5.84. The summed E-state index contributed by atoms with van der Waals surface area (Å²) in [6.45, 7) is 5.63. The number of hydrogen-bond acceptors (Lipinski definition) is 2. The van der Waals surface area contributed by atoms with Crippen LogP contribution in [0, 0.1) is 5.82 Å². The molecule has 1 heterocycles. The zero-order chi connectivity index (χ0) is 15.2. The molecule has 0 atom stereocenters. The Morgan fingerprint density at radius 1 is 1.33 bits per heavy atom. The smallest absolute Gasteiger partial charge is 0.125 e. The zero-order valence-corrected chi connectivity index (χ0v) is 13.4. The number of benzene rings is 1. The average molecular weight is 313 g/mol. The molecule has 2 aromatic rings. The molecule has 0 amide bonds. The van der Waals surface area contributed by atoms with Crippen molar-refractivity contribution < 1.29 is 9.13 Å². The maximum Gasteiger partial charge on any atom is 0.125 e. The number of aryl methyl sites for hydroxylation is 2. The van der Waals surface area contributed by atoms with Gasteiger partial charge in [0.25, 0.3) is 0 Å². The van der Waals surface area contributed by atoms with Crippen LogP contribution in [-0.2, 0) is 17.7 Å². The van der Waals surface area contributed by atoms with Crippen LogP contribution in [0.5, 0.6) is 0 Å². The Bertz CT molecular complexity index is 583. The molecule has 0 aliphatic heterocycles. The first-order valence-electron chi connectivity index (χ1n) is 7.44. The molecule has 0 bridgehead atoms. The van der Waals surface area contributed by atoms with E-state index in [9.17, 15) is 4.39 Å². The Balaban J connectivity index is 2.08. The van der Waals surface area contributed by atoms with Gasteiger partial charge < -0.3 is 9.30 Å². The second kappa shape index (κ2) is 7.76. The number of halogens is 2. The highest BCUT2D eigenvalue weighted by Gasteiger charge is 2.11. The highest BCUT2D eigenvalue weighted by Crippen LogP contribution is 2.19. The van der Waals surface area contributed by atoms with E-state index in [0.29, 0.717) is 12.3 Å². The van der Waals surface area contributed by atoms with Crippen molar-refractivity contribution in [1.29, 1.82) is 0 Å². The van der Waals surface area contributed by atoms with Crippen molar-refractivity contribution in [3.63, 3.8) is 0 Å². The first-order valence-corrected chi connectivity index (χ1v) is 7.97. The number of alkyl halides is 1. The van der Waals surface area contributed by atoms with Gasteiger partial charge in [0.1, 0.15) is 11.6 Å². The fourth-order valence-electron chi connectivity index (χ4n) is 2.36. The van der Waals surface area contributed by atoms with Crippen LogP contribution >= 0.6 is 11.6 Å². The third kappa shape index (κ3) is 4.42.